The highest BCUT2D eigenvalue weighted by molar-refractivity contribution is 6.31. The predicted molar refractivity (Wildman–Crippen MR) is 157 cm³/mol. The van der Waals surface area contributed by atoms with E-state index in [1.165, 1.54) is 12.2 Å². The van der Waals surface area contributed by atoms with Gasteiger partial charge in [-0.25, -0.2) is 18.7 Å². The second-order valence-electron chi connectivity index (χ2n) is 10.3. The van der Waals surface area contributed by atoms with E-state index in [9.17, 15) is 13.6 Å². The van der Waals surface area contributed by atoms with Gasteiger partial charge in [0.25, 0.3) is 5.91 Å². The third kappa shape index (κ3) is 5.52. The first kappa shape index (κ1) is 27.2. The summed E-state index contributed by atoms with van der Waals surface area (Å²) in [4.78, 5) is 28.7. The SMILES string of the molecule is CNC1CCN(C(=O)c2ccc(Nc3ncc4c(n3)-c3ccc(Cl)cc3C(C3=C(F)C=CCC3F)=NC4)cc2)CC1. The van der Waals surface area contributed by atoms with E-state index >= 15 is 0 Å². The summed E-state index contributed by atoms with van der Waals surface area (Å²) in [5, 5.41) is 6.91. The number of benzene rings is 2. The molecule has 6 rings (SSSR count). The number of likely N-dealkylation sites (tertiary alicyclic amines) is 1. The highest BCUT2D eigenvalue weighted by Crippen LogP contribution is 2.37. The molecule has 41 heavy (non-hydrogen) atoms. The topological polar surface area (TPSA) is 82.5 Å². The summed E-state index contributed by atoms with van der Waals surface area (Å²) < 4.78 is 29.8. The lowest BCUT2D eigenvalue weighted by Gasteiger charge is -2.31. The largest absolute Gasteiger partial charge is 0.339 e. The third-order valence-corrected chi connectivity index (χ3v) is 8.01. The van der Waals surface area contributed by atoms with Gasteiger partial charge in [-0.3, -0.25) is 9.79 Å². The van der Waals surface area contributed by atoms with Crippen molar-refractivity contribution in [3.8, 4) is 11.3 Å². The van der Waals surface area contributed by atoms with Crippen LogP contribution in [0.3, 0.4) is 0 Å². The molecule has 1 aromatic heterocycles. The number of nitrogens with zero attached hydrogens (tertiary/aromatic N) is 4. The molecule has 2 aromatic carbocycles. The maximum Gasteiger partial charge on any atom is 0.253 e. The average molecular weight is 575 g/mol. The molecule has 2 N–H and O–H groups in total. The maximum atomic E-state index is 14.9. The Hall–Kier alpha value is -3.95. The summed E-state index contributed by atoms with van der Waals surface area (Å²) in [7, 11) is 1.95. The molecule has 210 valence electrons. The van der Waals surface area contributed by atoms with E-state index in [2.05, 4.69) is 20.6 Å². The molecule has 3 aromatic rings. The molecule has 3 aliphatic rings. The predicted octanol–water partition coefficient (Wildman–Crippen LogP) is 6.19. The van der Waals surface area contributed by atoms with Gasteiger partial charge in [0, 0.05) is 70.3 Å². The standard InChI is InChI=1S/C31H29ClF2N6O/c1-35-21-11-13-40(14-12-21)30(41)18-5-8-22(9-6-18)38-31-37-17-19-16-36-29(27-25(33)3-2-4-26(27)34)24-15-20(32)7-10-23(24)28(19)39-31/h2-3,5-10,15,17,21,26,35H,4,11-14,16H2,1H3,(H,37,38,39). The molecule has 1 saturated heterocycles. The van der Waals surface area contributed by atoms with Gasteiger partial charge >= 0.3 is 0 Å². The number of carbonyl (C=O) groups excluding carboxylic acids is 1. The van der Waals surface area contributed by atoms with Gasteiger partial charge in [-0.1, -0.05) is 23.7 Å². The van der Waals surface area contributed by atoms with Crippen molar-refractivity contribution in [1.29, 1.82) is 0 Å². The second-order valence-corrected chi connectivity index (χ2v) is 10.8. The highest BCUT2D eigenvalue weighted by atomic mass is 35.5. The van der Waals surface area contributed by atoms with Gasteiger partial charge in [0.05, 0.1) is 18.0 Å². The van der Waals surface area contributed by atoms with Gasteiger partial charge in [0.2, 0.25) is 5.95 Å². The summed E-state index contributed by atoms with van der Waals surface area (Å²) >= 11 is 6.32. The lowest BCUT2D eigenvalue weighted by atomic mass is 9.90. The maximum absolute atomic E-state index is 14.9. The number of fused-ring (bicyclic) bond motifs is 3. The minimum atomic E-state index is -1.51. The first-order chi connectivity index (χ1) is 19.9. The molecule has 10 heteroatoms. The number of rotatable bonds is 5. The van der Waals surface area contributed by atoms with Crippen molar-refractivity contribution in [2.75, 3.05) is 25.5 Å². The van der Waals surface area contributed by atoms with E-state index in [1.54, 1.807) is 36.5 Å². The molecular formula is C31H29ClF2N6O. The smallest absolute Gasteiger partial charge is 0.253 e. The Bertz CT molecular complexity index is 1580. The minimum Gasteiger partial charge on any atom is -0.339 e. The number of amides is 1. The number of hydrogen-bond donors (Lipinski definition) is 2. The monoisotopic (exact) mass is 574 g/mol. The van der Waals surface area contributed by atoms with Crippen LogP contribution in [0.2, 0.25) is 5.02 Å². The van der Waals surface area contributed by atoms with Crippen LogP contribution in [0, 0.1) is 0 Å². The number of anilines is 2. The van der Waals surface area contributed by atoms with Crippen molar-refractivity contribution in [1.82, 2.24) is 20.2 Å². The van der Waals surface area contributed by atoms with Crippen LogP contribution in [-0.2, 0) is 6.54 Å². The van der Waals surface area contributed by atoms with Crippen molar-refractivity contribution in [3.05, 3.63) is 93.9 Å². The van der Waals surface area contributed by atoms with E-state index in [0.717, 1.165) is 37.2 Å². The Kier molecular flexibility index (Phi) is 7.64. The summed E-state index contributed by atoms with van der Waals surface area (Å²) in [5.74, 6) is -0.276. The van der Waals surface area contributed by atoms with E-state index < -0.39 is 12.0 Å². The van der Waals surface area contributed by atoms with Gasteiger partial charge in [0.15, 0.2) is 0 Å². The Labute approximate surface area is 242 Å². The third-order valence-electron chi connectivity index (χ3n) is 7.78. The van der Waals surface area contributed by atoms with Crippen LogP contribution in [0.4, 0.5) is 20.4 Å². The van der Waals surface area contributed by atoms with Crippen LogP contribution in [0.1, 0.15) is 40.7 Å². The number of nitrogens with one attached hydrogen (secondary N) is 2. The number of allylic oxidation sites excluding steroid dienone is 4. The number of hydrogen-bond acceptors (Lipinski definition) is 6. The number of aliphatic imine (C=N–C) groups is 1. The molecule has 1 unspecified atom stereocenters. The van der Waals surface area contributed by atoms with Crippen molar-refractivity contribution >= 4 is 34.9 Å². The summed E-state index contributed by atoms with van der Waals surface area (Å²) in [5.41, 5.74) is 4.02. The van der Waals surface area contributed by atoms with Gasteiger partial charge < -0.3 is 15.5 Å². The summed E-state index contributed by atoms with van der Waals surface area (Å²) in [6.07, 6.45) is 4.88. The molecule has 0 radical (unpaired) electrons. The zero-order valence-electron chi connectivity index (χ0n) is 22.5. The van der Waals surface area contributed by atoms with Gasteiger partial charge in [0.1, 0.15) is 12.0 Å². The molecule has 3 heterocycles. The fourth-order valence-electron chi connectivity index (χ4n) is 5.50. The summed E-state index contributed by atoms with van der Waals surface area (Å²) in [6, 6.07) is 12.9. The molecule has 0 saturated carbocycles. The van der Waals surface area contributed by atoms with Crippen molar-refractivity contribution in [3.63, 3.8) is 0 Å². The van der Waals surface area contributed by atoms with E-state index in [0.29, 0.717) is 39.4 Å². The Morgan fingerprint density at radius 2 is 1.88 bits per heavy atom. The Balaban J connectivity index is 1.26. The zero-order valence-corrected chi connectivity index (χ0v) is 23.3. The van der Waals surface area contributed by atoms with Crippen molar-refractivity contribution in [2.24, 2.45) is 4.99 Å². The van der Waals surface area contributed by atoms with Crippen LogP contribution in [0.15, 0.2) is 77.2 Å². The molecule has 1 amide bonds. The number of carbonyl (C=O) groups is 1. The first-order valence-corrected chi connectivity index (χ1v) is 14.0. The minimum absolute atomic E-state index is 0.0222. The molecular weight excluding hydrogens is 546 g/mol. The number of halogens is 3. The second kappa shape index (κ2) is 11.5. The van der Waals surface area contributed by atoms with Crippen LogP contribution in [-0.4, -0.2) is 58.8 Å². The Morgan fingerprint density at radius 1 is 1.10 bits per heavy atom. The molecule has 0 spiro atoms. The molecule has 7 nitrogen and oxygen atoms in total. The van der Waals surface area contributed by atoms with Crippen LogP contribution in [0.5, 0.6) is 0 Å². The van der Waals surface area contributed by atoms with Crippen molar-refractivity contribution in [2.45, 2.75) is 38.0 Å². The van der Waals surface area contributed by atoms with Gasteiger partial charge in [-0.05, 0) is 62.4 Å². The highest BCUT2D eigenvalue weighted by Gasteiger charge is 2.30. The number of piperidine rings is 1. The van der Waals surface area contributed by atoms with E-state index in [-0.39, 0.29) is 30.2 Å². The fraction of sp³-hybridized carbons (Fsp3) is 0.290. The zero-order chi connectivity index (χ0) is 28.5. The fourth-order valence-corrected chi connectivity index (χ4v) is 5.68. The van der Waals surface area contributed by atoms with Crippen LogP contribution >= 0.6 is 11.6 Å². The normalized spacial score (nSPS) is 18.9. The first-order valence-electron chi connectivity index (χ1n) is 13.7. The van der Waals surface area contributed by atoms with Crippen LogP contribution in [0.25, 0.3) is 11.3 Å². The lowest BCUT2D eigenvalue weighted by molar-refractivity contribution is 0.0707. The van der Waals surface area contributed by atoms with E-state index in [4.69, 9.17) is 16.6 Å². The van der Waals surface area contributed by atoms with Gasteiger partial charge in [-0.2, -0.15) is 0 Å². The quantitative estimate of drug-likeness (QED) is 0.380. The van der Waals surface area contributed by atoms with E-state index in [1.807, 2.05) is 24.1 Å². The number of aromatic nitrogens is 2. The molecule has 1 aliphatic carbocycles. The molecule has 1 atom stereocenters. The lowest BCUT2D eigenvalue weighted by Crippen LogP contribution is -2.43. The number of alkyl halides is 1. The Morgan fingerprint density at radius 3 is 2.61 bits per heavy atom. The van der Waals surface area contributed by atoms with Crippen LogP contribution < -0.4 is 10.6 Å². The average Bonchev–Trinajstić information content (AvgIpc) is 3.14. The molecule has 1 fully saturated rings. The van der Waals surface area contributed by atoms with Crippen molar-refractivity contribution < 1.29 is 13.6 Å². The molecule has 0 bridgehead atoms. The van der Waals surface area contributed by atoms with Gasteiger partial charge in [-0.15, -0.1) is 0 Å². The molecule has 2 aliphatic heterocycles. The summed E-state index contributed by atoms with van der Waals surface area (Å²) in [6.45, 7) is 1.63.